The Morgan fingerprint density at radius 1 is 1.14 bits per heavy atom. The van der Waals surface area contributed by atoms with Crippen LogP contribution in [0, 0.1) is 18.6 Å². The quantitative estimate of drug-likeness (QED) is 0.289. The number of rotatable bonds is 5. The van der Waals surface area contributed by atoms with Crippen molar-refractivity contribution in [2.75, 3.05) is 37.7 Å². The first kappa shape index (κ1) is 27.9. The van der Waals surface area contributed by atoms with Gasteiger partial charge in [0.25, 0.3) is 0 Å². The van der Waals surface area contributed by atoms with Crippen LogP contribution in [-0.4, -0.2) is 76.1 Å². The number of hydrogen-bond acceptors (Lipinski definition) is 7. The van der Waals surface area contributed by atoms with Crippen LogP contribution in [0.25, 0.3) is 32.8 Å². The standard InChI is InChI=1S/C34H36F3N5O2/c1-19-5-3-6-20-11-23(43)12-24(27(19)20)28-26(36)13-25-30(29(28)37)38-32(44-18-34-8-4-10-42(34)15-21(35)14-34)39-31(25)41-16-22-7-9-33(2,17-41)40-22/h3,5-6,11-13,21-22,40,43H,4,7-10,14-18H2,1-2H3/t21-,22-,33+,34?/m1/s1. The van der Waals surface area contributed by atoms with Gasteiger partial charge in [0.2, 0.25) is 0 Å². The van der Waals surface area contributed by atoms with Crippen molar-refractivity contribution in [1.29, 1.82) is 0 Å². The molecule has 4 saturated heterocycles. The number of anilines is 1. The van der Waals surface area contributed by atoms with Crippen molar-refractivity contribution in [1.82, 2.24) is 20.2 Å². The Bertz CT molecular complexity index is 1820. The Labute approximate surface area is 254 Å². The molecule has 4 aromatic rings. The molecule has 2 bridgehead atoms. The number of phenols is 1. The molecule has 1 unspecified atom stereocenters. The molecule has 4 atom stereocenters. The van der Waals surface area contributed by atoms with Crippen LogP contribution in [0.1, 0.15) is 44.6 Å². The summed E-state index contributed by atoms with van der Waals surface area (Å²) in [5.74, 6) is -1.25. The summed E-state index contributed by atoms with van der Waals surface area (Å²) < 4.78 is 53.7. The van der Waals surface area contributed by atoms with E-state index in [-0.39, 0.29) is 52.0 Å². The van der Waals surface area contributed by atoms with Crippen molar-refractivity contribution in [2.45, 2.75) is 69.2 Å². The highest BCUT2D eigenvalue weighted by atomic mass is 19.1. The second-order valence-electron chi connectivity index (χ2n) is 13.6. The predicted octanol–water partition coefficient (Wildman–Crippen LogP) is 6.03. The molecule has 0 amide bonds. The second-order valence-corrected chi connectivity index (χ2v) is 13.6. The summed E-state index contributed by atoms with van der Waals surface area (Å²) in [7, 11) is 0. The Balaban J connectivity index is 1.29. The molecule has 0 saturated carbocycles. The molecule has 0 spiro atoms. The van der Waals surface area contributed by atoms with Crippen molar-refractivity contribution in [3.8, 4) is 22.9 Å². The van der Waals surface area contributed by atoms with E-state index in [0.29, 0.717) is 42.6 Å². The van der Waals surface area contributed by atoms with Crippen molar-refractivity contribution < 1.29 is 23.0 Å². The number of phenolic OH excluding ortho intramolecular Hbond substituents is 1. The van der Waals surface area contributed by atoms with Crippen LogP contribution >= 0.6 is 0 Å². The van der Waals surface area contributed by atoms with Crippen molar-refractivity contribution in [2.24, 2.45) is 0 Å². The van der Waals surface area contributed by atoms with E-state index in [4.69, 9.17) is 9.72 Å². The molecule has 3 aromatic carbocycles. The molecule has 230 valence electrons. The van der Waals surface area contributed by atoms with Crippen LogP contribution in [0.15, 0.2) is 36.4 Å². The predicted molar refractivity (Wildman–Crippen MR) is 164 cm³/mol. The minimum absolute atomic E-state index is 0.000437. The van der Waals surface area contributed by atoms with Crippen molar-refractivity contribution in [3.63, 3.8) is 0 Å². The van der Waals surface area contributed by atoms with Crippen LogP contribution in [0.3, 0.4) is 0 Å². The topological polar surface area (TPSA) is 73.8 Å². The van der Waals surface area contributed by atoms with Crippen LogP contribution in [0.5, 0.6) is 11.8 Å². The number of fused-ring (bicyclic) bond motifs is 5. The lowest BCUT2D eigenvalue weighted by molar-refractivity contribution is 0.107. The fourth-order valence-electron chi connectivity index (χ4n) is 8.46. The van der Waals surface area contributed by atoms with Crippen LogP contribution in [0.2, 0.25) is 0 Å². The molecule has 2 N–H and O–H groups in total. The van der Waals surface area contributed by atoms with Gasteiger partial charge in [-0.15, -0.1) is 0 Å². The fourth-order valence-corrected chi connectivity index (χ4v) is 8.46. The lowest BCUT2D eigenvalue weighted by Crippen LogP contribution is -2.58. The molecule has 4 aliphatic heterocycles. The van der Waals surface area contributed by atoms with Crippen molar-refractivity contribution >= 4 is 27.5 Å². The first-order chi connectivity index (χ1) is 21.1. The van der Waals surface area contributed by atoms with E-state index in [1.807, 2.05) is 25.1 Å². The highest BCUT2D eigenvalue weighted by Gasteiger charge is 2.49. The fraction of sp³-hybridized carbons (Fsp3) is 0.471. The van der Waals surface area contributed by atoms with Crippen LogP contribution < -0.4 is 15.0 Å². The lowest BCUT2D eigenvalue weighted by Gasteiger charge is -2.40. The maximum absolute atomic E-state index is 16.8. The van der Waals surface area contributed by atoms with E-state index in [0.717, 1.165) is 37.8 Å². The molecule has 5 heterocycles. The highest BCUT2D eigenvalue weighted by molar-refractivity contribution is 6.03. The number of nitrogens with zero attached hydrogens (tertiary/aromatic N) is 4. The summed E-state index contributed by atoms with van der Waals surface area (Å²) in [6.07, 6.45) is 3.28. The van der Waals surface area contributed by atoms with Gasteiger partial charge in [0, 0.05) is 43.0 Å². The zero-order chi connectivity index (χ0) is 30.4. The maximum atomic E-state index is 16.8. The van der Waals surface area contributed by atoms with E-state index >= 15 is 8.78 Å². The summed E-state index contributed by atoms with van der Waals surface area (Å²) in [5, 5.41) is 15.8. The average molecular weight is 604 g/mol. The molecular formula is C34H36F3N5O2. The summed E-state index contributed by atoms with van der Waals surface area (Å²) in [6, 6.07) is 10.1. The largest absolute Gasteiger partial charge is 0.508 e. The van der Waals surface area contributed by atoms with Gasteiger partial charge in [0.1, 0.15) is 35.7 Å². The lowest BCUT2D eigenvalue weighted by atomic mass is 9.93. The van der Waals surface area contributed by atoms with Crippen LogP contribution in [-0.2, 0) is 0 Å². The van der Waals surface area contributed by atoms with Gasteiger partial charge < -0.3 is 20.1 Å². The molecule has 4 aliphatic rings. The Morgan fingerprint density at radius 3 is 2.84 bits per heavy atom. The van der Waals surface area contributed by atoms with E-state index in [9.17, 15) is 9.50 Å². The van der Waals surface area contributed by atoms with Gasteiger partial charge in [0.05, 0.1) is 11.1 Å². The minimum atomic E-state index is -0.910. The van der Waals surface area contributed by atoms with Gasteiger partial charge in [-0.05, 0) is 86.2 Å². The number of aromatic hydroxyl groups is 1. The Hall–Kier alpha value is -3.63. The van der Waals surface area contributed by atoms with Gasteiger partial charge >= 0.3 is 6.01 Å². The maximum Gasteiger partial charge on any atom is 0.319 e. The Morgan fingerprint density at radius 2 is 2.00 bits per heavy atom. The number of benzene rings is 3. The Kier molecular flexibility index (Phi) is 6.30. The normalized spacial score (nSPS) is 28.3. The molecule has 7 nitrogen and oxygen atoms in total. The molecule has 0 radical (unpaired) electrons. The third kappa shape index (κ3) is 4.40. The van der Waals surface area contributed by atoms with Crippen molar-refractivity contribution in [3.05, 3.63) is 53.6 Å². The number of nitrogens with one attached hydrogen (secondary N) is 1. The first-order valence-electron chi connectivity index (χ1n) is 15.6. The first-order valence-corrected chi connectivity index (χ1v) is 15.6. The molecule has 8 rings (SSSR count). The number of aryl methyl sites for hydroxylation is 1. The minimum Gasteiger partial charge on any atom is -0.508 e. The monoisotopic (exact) mass is 603 g/mol. The highest BCUT2D eigenvalue weighted by Crippen LogP contribution is 2.43. The molecule has 0 aliphatic carbocycles. The zero-order valence-corrected chi connectivity index (χ0v) is 25.0. The van der Waals surface area contributed by atoms with E-state index in [1.54, 1.807) is 6.07 Å². The molecule has 44 heavy (non-hydrogen) atoms. The zero-order valence-electron chi connectivity index (χ0n) is 25.0. The summed E-state index contributed by atoms with van der Waals surface area (Å²) >= 11 is 0. The van der Waals surface area contributed by atoms with Gasteiger partial charge in [-0.25, -0.2) is 13.2 Å². The molecule has 4 fully saturated rings. The molecular weight excluding hydrogens is 567 g/mol. The third-order valence-corrected chi connectivity index (χ3v) is 10.4. The average Bonchev–Trinajstić information content (AvgIpc) is 3.59. The number of piperazine rings is 1. The number of alkyl halides is 1. The third-order valence-electron chi connectivity index (χ3n) is 10.4. The SMILES string of the molecule is Cc1cccc2cc(O)cc(-c3c(F)cc4c(N5C[C@H]6CC[C@@](C)(C5)N6)nc(OCC56CCCN5C[C@H](F)C6)nc4c3F)c12. The van der Waals surface area contributed by atoms with Gasteiger partial charge in [-0.2, -0.15) is 9.97 Å². The second kappa shape index (κ2) is 9.94. The van der Waals surface area contributed by atoms with Gasteiger partial charge in [0.15, 0.2) is 5.82 Å². The van der Waals surface area contributed by atoms with Gasteiger partial charge in [-0.3, -0.25) is 4.90 Å². The summed E-state index contributed by atoms with van der Waals surface area (Å²) in [4.78, 5) is 13.6. The molecule has 10 heteroatoms. The number of halogens is 3. The van der Waals surface area contributed by atoms with E-state index in [1.165, 1.54) is 12.1 Å². The van der Waals surface area contributed by atoms with E-state index in [2.05, 4.69) is 27.0 Å². The van der Waals surface area contributed by atoms with E-state index < -0.39 is 23.3 Å². The smallest absolute Gasteiger partial charge is 0.319 e. The summed E-state index contributed by atoms with van der Waals surface area (Å²) in [5.41, 5.74) is 0.219. The number of hydrogen-bond donors (Lipinski definition) is 2. The summed E-state index contributed by atoms with van der Waals surface area (Å²) in [6.45, 7) is 6.72. The van der Waals surface area contributed by atoms with Crippen LogP contribution in [0.4, 0.5) is 19.0 Å². The number of ether oxygens (including phenoxy) is 1. The van der Waals surface area contributed by atoms with Gasteiger partial charge in [-0.1, -0.05) is 18.2 Å². The number of aromatic nitrogens is 2. The molecule has 1 aromatic heterocycles.